The molecular weight excluding hydrogens is 345 g/mol. The van der Waals surface area contributed by atoms with E-state index in [-0.39, 0.29) is 18.5 Å². The number of halogens is 3. The Labute approximate surface area is 151 Å². The van der Waals surface area contributed by atoms with Crippen LogP contribution in [0.5, 0.6) is 0 Å². The molecule has 0 bridgehead atoms. The maximum Gasteiger partial charge on any atom is 0.406 e. The molecule has 5 nitrogen and oxygen atoms in total. The second-order valence-corrected chi connectivity index (χ2v) is 7.70. The number of likely N-dealkylation sites (tertiary alicyclic amines) is 2. The Bertz CT molecular complexity index is 699. The third kappa shape index (κ3) is 3.12. The molecule has 3 heterocycles. The zero-order valence-electron chi connectivity index (χ0n) is 15.1. The average Bonchev–Trinajstić information content (AvgIpc) is 3.26. The molecule has 26 heavy (non-hydrogen) atoms. The smallest absolute Gasteiger partial charge is 0.334 e. The van der Waals surface area contributed by atoms with Crippen molar-refractivity contribution in [2.24, 2.45) is 7.05 Å². The first-order chi connectivity index (χ1) is 12.3. The van der Waals surface area contributed by atoms with Gasteiger partial charge in [0.25, 0.3) is 0 Å². The number of rotatable bonds is 3. The molecule has 0 radical (unpaired) electrons. The van der Waals surface area contributed by atoms with Gasteiger partial charge in [-0.1, -0.05) is 0 Å². The number of carbonyl (C=O) groups excluding carboxylic acids is 1. The van der Waals surface area contributed by atoms with E-state index in [1.54, 1.807) is 0 Å². The van der Waals surface area contributed by atoms with Crippen molar-refractivity contribution < 1.29 is 18.0 Å². The SMILES string of the molecule is Cn1c([C@H]2CCCN2[C@@H]2CCN(CC(F)(F)F)C2=O)nc2c1CCCC2. The minimum Gasteiger partial charge on any atom is -0.334 e. The minimum atomic E-state index is -4.34. The van der Waals surface area contributed by atoms with Crippen LogP contribution in [0.3, 0.4) is 0 Å². The zero-order valence-corrected chi connectivity index (χ0v) is 15.1. The highest BCUT2D eigenvalue weighted by molar-refractivity contribution is 5.84. The number of fused-ring (bicyclic) bond motifs is 1. The van der Waals surface area contributed by atoms with Crippen molar-refractivity contribution in [1.82, 2.24) is 19.4 Å². The van der Waals surface area contributed by atoms with E-state index in [4.69, 9.17) is 4.98 Å². The highest BCUT2D eigenvalue weighted by Gasteiger charge is 2.45. The fraction of sp³-hybridized carbons (Fsp3) is 0.778. The van der Waals surface area contributed by atoms with Gasteiger partial charge in [-0.25, -0.2) is 4.98 Å². The molecule has 2 aliphatic heterocycles. The van der Waals surface area contributed by atoms with E-state index in [0.717, 1.165) is 55.1 Å². The summed E-state index contributed by atoms with van der Waals surface area (Å²) in [4.78, 5) is 20.5. The van der Waals surface area contributed by atoms with E-state index in [2.05, 4.69) is 9.47 Å². The first-order valence-corrected chi connectivity index (χ1v) is 9.51. The van der Waals surface area contributed by atoms with Gasteiger partial charge in [0, 0.05) is 19.3 Å². The van der Waals surface area contributed by atoms with E-state index in [1.165, 1.54) is 12.1 Å². The lowest BCUT2D eigenvalue weighted by molar-refractivity contribution is -0.159. The highest BCUT2D eigenvalue weighted by atomic mass is 19.4. The van der Waals surface area contributed by atoms with Crippen molar-refractivity contribution >= 4 is 5.91 Å². The van der Waals surface area contributed by atoms with E-state index < -0.39 is 18.8 Å². The molecule has 2 saturated heterocycles. The van der Waals surface area contributed by atoms with Crippen molar-refractivity contribution in [3.63, 3.8) is 0 Å². The Morgan fingerprint density at radius 3 is 2.58 bits per heavy atom. The molecule has 1 aromatic rings. The number of aryl methyl sites for hydroxylation is 1. The van der Waals surface area contributed by atoms with Gasteiger partial charge in [0.15, 0.2) is 0 Å². The summed E-state index contributed by atoms with van der Waals surface area (Å²) >= 11 is 0. The monoisotopic (exact) mass is 370 g/mol. The maximum atomic E-state index is 12.7. The number of alkyl halides is 3. The van der Waals surface area contributed by atoms with Crippen LogP contribution in [0.25, 0.3) is 0 Å². The van der Waals surface area contributed by atoms with Crippen LogP contribution in [0.4, 0.5) is 13.2 Å². The predicted molar refractivity (Wildman–Crippen MR) is 89.6 cm³/mol. The topological polar surface area (TPSA) is 41.4 Å². The predicted octanol–water partition coefficient (Wildman–Crippen LogP) is 2.60. The Kier molecular flexibility index (Phi) is 4.49. The quantitative estimate of drug-likeness (QED) is 0.821. The largest absolute Gasteiger partial charge is 0.406 e. The van der Waals surface area contributed by atoms with Crippen LogP contribution in [0.1, 0.15) is 55.4 Å². The molecule has 8 heteroatoms. The van der Waals surface area contributed by atoms with Gasteiger partial charge < -0.3 is 9.47 Å². The second kappa shape index (κ2) is 6.55. The normalized spacial score (nSPS) is 27.4. The van der Waals surface area contributed by atoms with E-state index >= 15 is 0 Å². The van der Waals surface area contributed by atoms with E-state index in [1.807, 2.05) is 7.05 Å². The van der Waals surface area contributed by atoms with Gasteiger partial charge in [-0.15, -0.1) is 0 Å². The Morgan fingerprint density at radius 2 is 1.85 bits per heavy atom. The highest BCUT2D eigenvalue weighted by Crippen LogP contribution is 2.37. The van der Waals surface area contributed by atoms with Crippen molar-refractivity contribution in [3.8, 4) is 0 Å². The maximum absolute atomic E-state index is 12.7. The molecule has 0 aromatic carbocycles. The van der Waals surface area contributed by atoms with Gasteiger partial charge in [-0.3, -0.25) is 9.69 Å². The summed E-state index contributed by atoms with van der Waals surface area (Å²) in [5, 5.41) is 0. The molecule has 1 amide bonds. The van der Waals surface area contributed by atoms with Crippen molar-refractivity contribution in [2.75, 3.05) is 19.6 Å². The molecule has 0 spiro atoms. The molecule has 1 aromatic heterocycles. The molecular formula is C18H25F3N4O. The third-order valence-corrected chi connectivity index (χ3v) is 6.04. The number of amides is 1. The zero-order chi connectivity index (χ0) is 18.5. The van der Waals surface area contributed by atoms with Gasteiger partial charge in [0.2, 0.25) is 5.91 Å². The number of imidazole rings is 1. The lowest BCUT2D eigenvalue weighted by Crippen LogP contribution is -2.44. The molecule has 1 aliphatic carbocycles. The molecule has 0 N–H and O–H groups in total. The molecule has 4 rings (SSSR count). The first kappa shape index (κ1) is 17.8. The fourth-order valence-corrected chi connectivity index (χ4v) is 4.85. The third-order valence-electron chi connectivity index (χ3n) is 6.04. The molecule has 3 aliphatic rings. The summed E-state index contributed by atoms with van der Waals surface area (Å²) in [5.41, 5.74) is 2.45. The fourth-order valence-electron chi connectivity index (χ4n) is 4.85. The van der Waals surface area contributed by atoms with Gasteiger partial charge in [0.05, 0.1) is 17.8 Å². The van der Waals surface area contributed by atoms with E-state index in [0.29, 0.717) is 6.42 Å². The first-order valence-electron chi connectivity index (χ1n) is 9.51. The van der Waals surface area contributed by atoms with Crippen LogP contribution >= 0.6 is 0 Å². The molecule has 0 saturated carbocycles. The summed E-state index contributed by atoms with van der Waals surface area (Å²) in [5.74, 6) is 0.602. The lowest BCUT2D eigenvalue weighted by atomic mass is 10.0. The standard InChI is InChI=1S/C18H25F3N4O/c1-23-13-6-3-2-5-12(13)22-16(23)14-7-4-9-25(14)15-8-10-24(17(15)26)11-18(19,20)21/h14-15H,2-11H2,1H3/t14-,15-/m1/s1. The number of carbonyl (C=O) groups is 1. The summed E-state index contributed by atoms with van der Waals surface area (Å²) in [6, 6.07) is -0.413. The Morgan fingerprint density at radius 1 is 1.08 bits per heavy atom. The van der Waals surface area contributed by atoms with Gasteiger partial charge in [-0.2, -0.15) is 13.2 Å². The number of hydrogen-bond donors (Lipinski definition) is 0. The van der Waals surface area contributed by atoms with E-state index in [9.17, 15) is 18.0 Å². The summed E-state index contributed by atoms with van der Waals surface area (Å²) < 4.78 is 40.2. The Hall–Kier alpha value is -1.57. The Balaban J connectivity index is 1.54. The van der Waals surface area contributed by atoms with Gasteiger partial charge in [0.1, 0.15) is 12.4 Å². The van der Waals surface area contributed by atoms with Crippen LogP contribution in [0.2, 0.25) is 0 Å². The average molecular weight is 370 g/mol. The second-order valence-electron chi connectivity index (χ2n) is 7.70. The van der Waals surface area contributed by atoms with Crippen molar-refractivity contribution in [1.29, 1.82) is 0 Å². The van der Waals surface area contributed by atoms with Crippen LogP contribution in [-0.4, -0.2) is 57.1 Å². The molecule has 144 valence electrons. The van der Waals surface area contributed by atoms with Crippen LogP contribution < -0.4 is 0 Å². The van der Waals surface area contributed by atoms with Crippen LogP contribution in [0.15, 0.2) is 0 Å². The number of nitrogens with zero attached hydrogens (tertiary/aromatic N) is 4. The van der Waals surface area contributed by atoms with Gasteiger partial charge in [-0.05, 0) is 51.5 Å². The molecule has 2 fully saturated rings. The summed E-state index contributed by atoms with van der Waals surface area (Å²) in [6.45, 7) is -0.209. The number of hydrogen-bond acceptors (Lipinski definition) is 3. The lowest BCUT2D eigenvalue weighted by Gasteiger charge is -2.29. The van der Waals surface area contributed by atoms with Crippen LogP contribution in [-0.2, 0) is 24.7 Å². The van der Waals surface area contributed by atoms with Crippen LogP contribution in [0, 0.1) is 0 Å². The summed E-state index contributed by atoms with van der Waals surface area (Å²) in [6.07, 6.45) is 2.35. The molecule has 0 unspecified atom stereocenters. The van der Waals surface area contributed by atoms with Crippen molar-refractivity contribution in [2.45, 2.75) is 63.2 Å². The van der Waals surface area contributed by atoms with Gasteiger partial charge >= 0.3 is 6.18 Å². The summed E-state index contributed by atoms with van der Waals surface area (Å²) in [7, 11) is 2.04. The minimum absolute atomic E-state index is 0.0328. The number of aromatic nitrogens is 2. The molecule has 2 atom stereocenters. The van der Waals surface area contributed by atoms with Crippen molar-refractivity contribution in [3.05, 3.63) is 17.2 Å².